The molecule has 3 radical (unpaired) electrons. The zero-order chi connectivity index (χ0) is 20.0. The average Bonchev–Trinajstić information content (AvgIpc) is 2.73. The molecule has 1 aromatic carbocycles. The van der Waals surface area contributed by atoms with Crippen molar-refractivity contribution in [3.63, 3.8) is 0 Å². The molecule has 159 valence electrons. The van der Waals surface area contributed by atoms with Crippen LogP contribution in [0, 0.1) is 0 Å². The number of unbranched alkanes of at least 4 members (excludes halogenated alkanes) is 13. The molecular formula is C25H46N2Si+. The summed E-state index contributed by atoms with van der Waals surface area (Å²) in [6.07, 6.45) is 20.0. The summed E-state index contributed by atoms with van der Waals surface area (Å²) < 4.78 is 0. The van der Waals surface area contributed by atoms with E-state index in [-0.39, 0.29) is 0 Å². The fourth-order valence-corrected chi connectivity index (χ4v) is 3.96. The summed E-state index contributed by atoms with van der Waals surface area (Å²) in [5, 5.41) is 5.98. The van der Waals surface area contributed by atoms with E-state index in [0.717, 1.165) is 13.1 Å². The van der Waals surface area contributed by atoms with Gasteiger partial charge < -0.3 is 10.6 Å². The Labute approximate surface area is 179 Å². The Kier molecular flexibility index (Phi) is 19.1. The van der Waals surface area contributed by atoms with Gasteiger partial charge >= 0.3 is 0 Å². The highest BCUT2D eigenvalue weighted by Gasteiger charge is 1.96. The largest absolute Gasteiger partial charge is 0.341 e. The molecule has 0 aliphatic rings. The van der Waals surface area contributed by atoms with Gasteiger partial charge in [0, 0.05) is 22.4 Å². The molecule has 3 heteroatoms. The lowest BCUT2D eigenvalue weighted by molar-refractivity contribution is -0.668. The molecule has 1 aromatic rings. The first-order valence-corrected chi connectivity index (χ1v) is 12.8. The van der Waals surface area contributed by atoms with Crippen molar-refractivity contribution in [2.75, 3.05) is 19.6 Å². The second-order valence-electron chi connectivity index (χ2n) is 8.22. The molecule has 0 saturated heterocycles. The highest BCUT2D eigenvalue weighted by molar-refractivity contribution is 6.08. The molecule has 28 heavy (non-hydrogen) atoms. The first-order valence-electron chi connectivity index (χ1n) is 12.1. The van der Waals surface area contributed by atoms with E-state index in [9.17, 15) is 0 Å². The van der Waals surface area contributed by atoms with Crippen LogP contribution in [0.25, 0.3) is 0 Å². The molecule has 0 fully saturated rings. The monoisotopic (exact) mass is 402 g/mol. The van der Waals surface area contributed by atoms with Crippen LogP contribution in [0.1, 0.15) is 95.5 Å². The van der Waals surface area contributed by atoms with E-state index < -0.39 is 0 Å². The highest BCUT2D eigenvalue weighted by atomic mass is 28.1. The molecule has 0 saturated carbocycles. The van der Waals surface area contributed by atoms with Crippen LogP contribution in [-0.2, 0) is 6.54 Å². The van der Waals surface area contributed by atoms with Crippen molar-refractivity contribution >= 4 is 10.2 Å². The van der Waals surface area contributed by atoms with Gasteiger partial charge in [0.2, 0.25) is 0 Å². The van der Waals surface area contributed by atoms with Gasteiger partial charge in [0.05, 0.1) is 6.54 Å². The zero-order valence-corrected chi connectivity index (χ0v) is 19.4. The van der Waals surface area contributed by atoms with Gasteiger partial charge in [-0.2, -0.15) is 0 Å². The summed E-state index contributed by atoms with van der Waals surface area (Å²) >= 11 is 0. The quantitative estimate of drug-likeness (QED) is 0.209. The Bertz CT molecular complexity index is 410. The maximum atomic E-state index is 3.58. The van der Waals surface area contributed by atoms with Gasteiger partial charge in [0.25, 0.3) is 0 Å². The third kappa shape index (κ3) is 17.5. The number of quaternary nitrogens is 1. The summed E-state index contributed by atoms with van der Waals surface area (Å²) in [6.45, 7) is 4.59. The Balaban J connectivity index is 1.67. The lowest BCUT2D eigenvalue weighted by Gasteiger charge is -2.05. The van der Waals surface area contributed by atoms with E-state index in [4.69, 9.17) is 0 Å². The standard InChI is InChI=1S/C25H45N2Si/c28-23-17-12-10-8-6-4-2-1-3-5-7-9-11-16-20-26-21-22-27-24-25-18-14-13-15-19-25/h13-15,18-19,26-27H,1-12,16-17,20-24H2/p+1. The van der Waals surface area contributed by atoms with E-state index in [1.54, 1.807) is 0 Å². The van der Waals surface area contributed by atoms with Crippen molar-refractivity contribution in [1.29, 1.82) is 0 Å². The first kappa shape index (κ1) is 25.4. The van der Waals surface area contributed by atoms with Crippen LogP contribution < -0.4 is 10.6 Å². The second kappa shape index (κ2) is 21.1. The number of benzene rings is 1. The van der Waals surface area contributed by atoms with Crippen LogP contribution in [-0.4, -0.2) is 29.9 Å². The third-order valence-electron chi connectivity index (χ3n) is 5.53. The number of nitrogens with one attached hydrogen (secondary N) is 1. The van der Waals surface area contributed by atoms with Crippen LogP contribution in [0.4, 0.5) is 0 Å². The summed E-state index contributed by atoms with van der Waals surface area (Å²) in [4.78, 5) is 0. The summed E-state index contributed by atoms with van der Waals surface area (Å²) in [6, 6.07) is 11.9. The summed E-state index contributed by atoms with van der Waals surface area (Å²) in [7, 11) is 3.55. The van der Waals surface area contributed by atoms with Crippen molar-refractivity contribution in [3.8, 4) is 0 Å². The van der Waals surface area contributed by atoms with Crippen molar-refractivity contribution < 1.29 is 5.32 Å². The van der Waals surface area contributed by atoms with E-state index in [0.29, 0.717) is 0 Å². The molecule has 0 aliphatic carbocycles. The van der Waals surface area contributed by atoms with E-state index in [1.165, 1.54) is 115 Å². The van der Waals surface area contributed by atoms with Gasteiger partial charge in [-0.1, -0.05) is 120 Å². The molecule has 3 N–H and O–H groups in total. The van der Waals surface area contributed by atoms with Crippen LogP contribution in [0.3, 0.4) is 0 Å². The fraction of sp³-hybridized carbons (Fsp3) is 0.760. The topological polar surface area (TPSA) is 28.6 Å². The molecule has 0 amide bonds. The molecular weight excluding hydrogens is 356 g/mol. The number of hydrogen-bond acceptors (Lipinski definition) is 1. The van der Waals surface area contributed by atoms with Crippen molar-refractivity contribution in [2.24, 2.45) is 0 Å². The van der Waals surface area contributed by atoms with Crippen LogP contribution in [0.2, 0.25) is 6.04 Å². The van der Waals surface area contributed by atoms with E-state index in [1.807, 2.05) is 0 Å². The first-order chi connectivity index (χ1) is 13.9. The molecule has 0 bridgehead atoms. The minimum Gasteiger partial charge on any atom is -0.341 e. The second-order valence-corrected chi connectivity index (χ2v) is 8.72. The summed E-state index contributed by atoms with van der Waals surface area (Å²) in [5.41, 5.74) is 1.42. The number of nitrogens with two attached hydrogens (primary N) is 1. The molecule has 2 nitrogen and oxygen atoms in total. The third-order valence-corrected chi connectivity index (χ3v) is 5.88. The van der Waals surface area contributed by atoms with Crippen molar-refractivity contribution in [2.45, 2.75) is 102 Å². The van der Waals surface area contributed by atoms with Gasteiger partial charge in [-0.25, -0.2) is 0 Å². The Morgan fingerprint density at radius 3 is 1.64 bits per heavy atom. The summed E-state index contributed by atoms with van der Waals surface area (Å²) in [5.74, 6) is 0. The molecule has 0 aliphatic heterocycles. The lowest BCUT2D eigenvalue weighted by Crippen LogP contribution is -2.84. The zero-order valence-electron chi connectivity index (χ0n) is 18.4. The Hall–Kier alpha value is -0.643. The maximum absolute atomic E-state index is 3.58. The lowest BCUT2D eigenvalue weighted by atomic mass is 10.0. The average molecular weight is 403 g/mol. The molecule has 0 heterocycles. The van der Waals surface area contributed by atoms with Gasteiger partial charge in [0.1, 0.15) is 6.54 Å². The minimum atomic E-state index is 1.10. The van der Waals surface area contributed by atoms with E-state index in [2.05, 4.69) is 51.2 Å². The normalized spacial score (nSPS) is 11.2. The molecule has 1 rings (SSSR count). The Morgan fingerprint density at radius 1 is 0.607 bits per heavy atom. The van der Waals surface area contributed by atoms with Crippen molar-refractivity contribution in [1.82, 2.24) is 5.32 Å². The van der Waals surface area contributed by atoms with Crippen LogP contribution in [0.5, 0.6) is 0 Å². The van der Waals surface area contributed by atoms with Gasteiger partial charge in [-0.15, -0.1) is 0 Å². The highest BCUT2D eigenvalue weighted by Crippen LogP contribution is 2.13. The van der Waals surface area contributed by atoms with E-state index >= 15 is 0 Å². The number of rotatable bonds is 21. The smallest absolute Gasteiger partial charge is 0.101 e. The molecule has 0 unspecified atom stereocenters. The number of hydrogen-bond donors (Lipinski definition) is 2. The van der Waals surface area contributed by atoms with Gasteiger partial charge in [-0.05, 0) is 13.0 Å². The van der Waals surface area contributed by atoms with Gasteiger partial charge in [0.15, 0.2) is 0 Å². The van der Waals surface area contributed by atoms with Crippen LogP contribution >= 0.6 is 0 Å². The molecule has 0 atom stereocenters. The SMILES string of the molecule is [Si]CCCCCCCCCCCCCCCCNCC[NH2+]Cc1ccccc1. The maximum Gasteiger partial charge on any atom is 0.101 e. The molecule has 0 spiro atoms. The Morgan fingerprint density at radius 2 is 1.11 bits per heavy atom. The van der Waals surface area contributed by atoms with Gasteiger partial charge in [-0.3, -0.25) is 0 Å². The predicted octanol–water partition coefficient (Wildman–Crippen LogP) is 5.39. The van der Waals surface area contributed by atoms with Crippen LogP contribution in [0.15, 0.2) is 30.3 Å². The fourth-order valence-electron chi connectivity index (χ4n) is 3.71. The van der Waals surface area contributed by atoms with Crippen molar-refractivity contribution in [3.05, 3.63) is 35.9 Å². The minimum absolute atomic E-state index is 1.10. The molecule has 0 aromatic heterocycles. The predicted molar refractivity (Wildman–Crippen MR) is 125 cm³/mol.